The van der Waals surface area contributed by atoms with Crippen molar-refractivity contribution in [3.63, 3.8) is 0 Å². The van der Waals surface area contributed by atoms with Crippen molar-refractivity contribution in [3.05, 3.63) is 57.6 Å². The zero-order valence-corrected chi connectivity index (χ0v) is 20.2. The molecule has 0 radical (unpaired) electrons. The van der Waals surface area contributed by atoms with Crippen LogP contribution >= 0.6 is 23.2 Å². The van der Waals surface area contributed by atoms with E-state index in [1.165, 1.54) is 0 Å². The minimum atomic E-state index is -0.738. The monoisotopic (exact) mass is 477 g/mol. The van der Waals surface area contributed by atoms with Crippen LogP contribution in [0, 0.1) is 0 Å². The van der Waals surface area contributed by atoms with E-state index in [0.717, 1.165) is 24.8 Å². The minimum Gasteiger partial charge on any atom is -0.490 e. The average Bonchev–Trinajstić information content (AvgIpc) is 3.25. The Labute approximate surface area is 199 Å². The fraction of sp³-hybridized carbons (Fsp3) is 0.440. The number of hydrogen-bond donors (Lipinski definition) is 1. The van der Waals surface area contributed by atoms with Gasteiger partial charge < -0.3 is 14.8 Å². The predicted octanol–water partition coefficient (Wildman–Crippen LogP) is 6.80. The van der Waals surface area contributed by atoms with Crippen molar-refractivity contribution in [1.82, 2.24) is 0 Å². The van der Waals surface area contributed by atoms with Gasteiger partial charge in [0.2, 0.25) is 5.91 Å². The molecule has 7 heteroatoms. The van der Waals surface area contributed by atoms with Gasteiger partial charge in [-0.25, -0.2) is 4.79 Å². The first-order valence-corrected chi connectivity index (χ1v) is 11.8. The maximum Gasteiger partial charge on any atom is 0.341 e. The Bertz CT molecular complexity index is 986. The lowest BCUT2D eigenvalue weighted by atomic mass is 9.78. The molecule has 1 amide bonds. The molecule has 5 nitrogen and oxygen atoms in total. The summed E-state index contributed by atoms with van der Waals surface area (Å²) in [6, 6.07) is 10.3. The van der Waals surface area contributed by atoms with E-state index in [2.05, 4.69) is 5.32 Å². The molecule has 2 aromatic carbocycles. The molecule has 0 aromatic heterocycles. The number of anilines is 1. The number of hydrogen-bond acceptors (Lipinski definition) is 4. The van der Waals surface area contributed by atoms with Gasteiger partial charge in [-0.15, -0.1) is 0 Å². The number of esters is 1. The predicted molar refractivity (Wildman–Crippen MR) is 128 cm³/mol. The first-order valence-electron chi connectivity index (χ1n) is 11.1. The number of ether oxygens (including phenoxy) is 2. The van der Waals surface area contributed by atoms with Gasteiger partial charge in [0, 0.05) is 15.7 Å². The number of benzene rings is 2. The highest BCUT2D eigenvalue weighted by atomic mass is 35.5. The third kappa shape index (κ3) is 5.21. The molecule has 172 valence electrons. The fourth-order valence-electron chi connectivity index (χ4n) is 4.10. The second-order valence-corrected chi connectivity index (χ2v) is 8.98. The number of nitrogens with one attached hydrogen (secondary N) is 1. The van der Waals surface area contributed by atoms with Crippen molar-refractivity contribution in [3.8, 4) is 5.75 Å². The van der Waals surface area contributed by atoms with Crippen molar-refractivity contribution in [2.45, 2.75) is 64.4 Å². The van der Waals surface area contributed by atoms with Crippen LogP contribution in [0.5, 0.6) is 5.75 Å². The molecule has 0 saturated heterocycles. The first kappa shape index (κ1) is 24.4. The van der Waals surface area contributed by atoms with Crippen LogP contribution in [-0.4, -0.2) is 24.6 Å². The summed E-state index contributed by atoms with van der Waals surface area (Å²) < 4.78 is 11.1. The minimum absolute atomic E-state index is 0.0579. The molecule has 3 rings (SSSR count). The van der Waals surface area contributed by atoms with Gasteiger partial charge in [-0.1, -0.05) is 49.0 Å². The number of carbonyl (C=O) groups is 2. The van der Waals surface area contributed by atoms with Gasteiger partial charge in [-0.05, 0) is 69.0 Å². The van der Waals surface area contributed by atoms with Crippen molar-refractivity contribution >= 4 is 40.8 Å². The topological polar surface area (TPSA) is 64.6 Å². The van der Waals surface area contributed by atoms with E-state index in [1.807, 2.05) is 19.9 Å². The number of carbonyl (C=O) groups excluding carboxylic acids is 2. The average molecular weight is 478 g/mol. The number of halogens is 2. The summed E-state index contributed by atoms with van der Waals surface area (Å²) >= 11 is 12.6. The van der Waals surface area contributed by atoms with E-state index in [-0.39, 0.29) is 24.2 Å². The lowest BCUT2D eigenvalue weighted by Gasteiger charge is -2.29. The molecule has 1 atom stereocenters. The summed E-state index contributed by atoms with van der Waals surface area (Å²) in [4.78, 5) is 26.1. The van der Waals surface area contributed by atoms with Crippen molar-refractivity contribution in [2.24, 2.45) is 0 Å². The molecule has 2 aromatic rings. The van der Waals surface area contributed by atoms with Gasteiger partial charge >= 0.3 is 5.97 Å². The molecule has 1 N–H and O–H groups in total. The number of amides is 1. The van der Waals surface area contributed by atoms with E-state index in [1.54, 1.807) is 37.3 Å². The van der Waals surface area contributed by atoms with Crippen LogP contribution in [-0.2, 0) is 14.9 Å². The molecule has 0 unspecified atom stereocenters. The normalized spacial score (nSPS) is 15.8. The van der Waals surface area contributed by atoms with Crippen molar-refractivity contribution in [2.75, 3.05) is 11.9 Å². The van der Waals surface area contributed by atoms with Gasteiger partial charge in [0.1, 0.15) is 11.3 Å². The molecule has 0 aliphatic heterocycles. The van der Waals surface area contributed by atoms with Gasteiger partial charge in [-0.3, -0.25) is 4.79 Å². The second kappa shape index (κ2) is 10.6. The van der Waals surface area contributed by atoms with Crippen molar-refractivity contribution < 1.29 is 19.1 Å². The van der Waals surface area contributed by atoms with Crippen molar-refractivity contribution in [1.29, 1.82) is 0 Å². The Morgan fingerprint density at radius 2 is 1.81 bits per heavy atom. The van der Waals surface area contributed by atoms with Crippen LogP contribution in [0.4, 0.5) is 5.69 Å². The molecule has 0 heterocycles. The Balaban J connectivity index is 1.93. The zero-order valence-electron chi connectivity index (χ0n) is 18.7. The van der Waals surface area contributed by atoms with Crippen LogP contribution in [0.25, 0.3) is 0 Å². The standard InChI is InChI=1S/C25H29Cl2NO4/c1-4-16(3)32-22-11-9-18(15-19(22)23(29)31-5-2)28-24(30)25(12-6-7-13-25)20-10-8-17(26)14-21(20)27/h8-11,14-16H,4-7,12-13H2,1-3H3,(H,28,30)/t16-/m1/s1. The van der Waals surface area contributed by atoms with Gasteiger partial charge in [0.05, 0.1) is 18.1 Å². The molecule has 1 fully saturated rings. The van der Waals surface area contributed by atoms with Crippen LogP contribution in [0.15, 0.2) is 36.4 Å². The lowest BCUT2D eigenvalue weighted by Crippen LogP contribution is -2.38. The maximum atomic E-state index is 13.5. The highest BCUT2D eigenvalue weighted by Crippen LogP contribution is 2.45. The Hall–Kier alpha value is -2.24. The maximum absolute atomic E-state index is 13.5. The Morgan fingerprint density at radius 3 is 2.44 bits per heavy atom. The highest BCUT2D eigenvalue weighted by Gasteiger charge is 2.44. The van der Waals surface area contributed by atoms with E-state index in [0.29, 0.717) is 34.3 Å². The van der Waals surface area contributed by atoms with E-state index < -0.39 is 11.4 Å². The van der Waals surface area contributed by atoms with Gasteiger partial charge in [0.15, 0.2) is 0 Å². The third-order valence-electron chi connectivity index (χ3n) is 5.97. The molecule has 1 aliphatic carbocycles. The van der Waals surface area contributed by atoms with Crippen LogP contribution in [0.1, 0.15) is 68.8 Å². The summed E-state index contributed by atoms with van der Waals surface area (Å²) in [5.41, 5.74) is 0.833. The summed E-state index contributed by atoms with van der Waals surface area (Å²) in [6.45, 7) is 5.94. The van der Waals surface area contributed by atoms with E-state index >= 15 is 0 Å². The van der Waals surface area contributed by atoms with Crippen LogP contribution in [0.2, 0.25) is 10.0 Å². The summed E-state index contributed by atoms with van der Waals surface area (Å²) in [7, 11) is 0. The first-order chi connectivity index (χ1) is 15.3. The van der Waals surface area contributed by atoms with Gasteiger partial charge in [0.25, 0.3) is 0 Å². The summed E-state index contributed by atoms with van der Waals surface area (Å²) in [6.07, 6.45) is 3.99. The highest BCUT2D eigenvalue weighted by molar-refractivity contribution is 6.35. The molecule has 1 aliphatic rings. The quantitative estimate of drug-likeness (QED) is 0.424. The van der Waals surface area contributed by atoms with Gasteiger partial charge in [-0.2, -0.15) is 0 Å². The molecule has 0 spiro atoms. The molecule has 1 saturated carbocycles. The Morgan fingerprint density at radius 1 is 1.09 bits per heavy atom. The van der Waals surface area contributed by atoms with Crippen LogP contribution in [0.3, 0.4) is 0 Å². The zero-order chi connectivity index (χ0) is 23.3. The largest absolute Gasteiger partial charge is 0.490 e. The number of rotatable bonds is 8. The van der Waals surface area contributed by atoms with Crippen LogP contribution < -0.4 is 10.1 Å². The summed E-state index contributed by atoms with van der Waals surface area (Å²) in [5.74, 6) is -0.199. The molecule has 32 heavy (non-hydrogen) atoms. The Kier molecular flexibility index (Phi) is 8.07. The SMILES string of the molecule is CCOC(=O)c1cc(NC(=O)C2(c3ccc(Cl)cc3Cl)CCCC2)ccc1O[C@H](C)CC. The van der Waals surface area contributed by atoms with E-state index in [9.17, 15) is 9.59 Å². The fourth-order valence-corrected chi connectivity index (χ4v) is 4.69. The van der Waals surface area contributed by atoms with E-state index in [4.69, 9.17) is 32.7 Å². The molecular weight excluding hydrogens is 449 g/mol. The molecule has 0 bridgehead atoms. The lowest BCUT2D eigenvalue weighted by molar-refractivity contribution is -0.121. The second-order valence-electron chi connectivity index (χ2n) is 8.14. The molecular formula is C25H29Cl2NO4. The smallest absolute Gasteiger partial charge is 0.341 e. The summed E-state index contributed by atoms with van der Waals surface area (Å²) in [5, 5.41) is 4.02. The third-order valence-corrected chi connectivity index (χ3v) is 6.52.